The zero-order valence-corrected chi connectivity index (χ0v) is 16.9. The predicted octanol–water partition coefficient (Wildman–Crippen LogP) is 4.93. The van der Waals surface area contributed by atoms with Gasteiger partial charge in [0.05, 0.1) is 33.3 Å². The second-order valence-electron chi connectivity index (χ2n) is 6.02. The average Bonchev–Trinajstić information content (AvgIpc) is 3.33. The molecule has 0 spiro atoms. The van der Waals surface area contributed by atoms with Crippen molar-refractivity contribution in [3.05, 3.63) is 70.3 Å². The number of hydrogen-bond acceptors (Lipinski definition) is 2. The van der Waals surface area contributed by atoms with E-state index in [1.807, 2.05) is 66.8 Å². The number of fused-ring (bicyclic) bond motifs is 8. The smallest absolute Gasteiger partial charge is 0.0662 e. The number of nitrogens with one attached hydrogen (secondary N) is 2. The Balaban J connectivity index is 0.00000168. The van der Waals surface area contributed by atoms with Crippen molar-refractivity contribution >= 4 is 87.5 Å². The minimum absolute atomic E-state index is 0. The molecule has 5 rings (SSSR count). The summed E-state index contributed by atoms with van der Waals surface area (Å²) >= 11 is 6.36. The van der Waals surface area contributed by atoms with Crippen molar-refractivity contribution in [3.63, 3.8) is 0 Å². The first-order valence-corrected chi connectivity index (χ1v) is 8.33. The number of aromatic nitrogens is 4. The number of halogens is 1. The van der Waals surface area contributed by atoms with Crippen molar-refractivity contribution in [2.45, 2.75) is 0 Å². The molecule has 2 aliphatic heterocycles. The molecule has 6 heteroatoms. The molecule has 0 aromatic carbocycles. The van der Waals surface area contributed by atoms with Crippen molar-refractivity contribution in [1.29, 1.82) is 0 Å². The van der Waals surface area contributed by atoms with E-state index in [4.69, 9.17) is 11.6 Å². The molecule has 2 N–H and O–H groups in total. The second kappa shape index (κ2) is 6.89. The van der Waals surface area contributed by atoms with Gasteiger partial charge in [-0.2, -0.15) is 0 Å². The third kappa shape index (κ3) is 3.41. The maximum atomic E-state index is 6.36. The third-order valence-corrected chi connectivity index (χ3v) is 4.43. The molecule has 0 atom stereocenters. The first kappa shape index (κ1) is 17.3. The van der Waals surface area contributed by atoms with Crippen molar-refractivity contribution in [2.24, 2.45) is 0 Å². The minimum Gasteiger partial charge on any atom is -0.355 e. The van der Waals surface area contributed by atoms with E-state index < -0.39 is 0 Å². The molecule has 8 bridgehead atoms. The molecule has 26 heavy (non-hydrogen) atoms. The molecule has 0 unspecified atom stereocenters. The van der Waals surface area contributed by atoms with Gasteiger partial charge in [-0.1, -0.05) is 11.6 Å². The van der Waals surface area contributed by atoms with Gasteiger partial charge in [0.2, 0.25) is 0 Å². The SMILES string of the molecule is Clc1cc2cc3ccc(cc4nc(cc5nc(cc1[nH]2)C=C5)C=C4)[nH]3.[Na]. The van der Waals surface area contributed by atoms with E-state index in [0.717, 1.165) is 44.8 Å². The zero-order valence-electron chi connectivity index (χ0n) is 14.1. The Morgan fingerprint density at radius 1 is 0.615 bits per heavy atom. The van der Waals surface area contributed by atoms with Crippen molar-refractivity contribution in [3.8, 4) is 0 Å². The monoisotopic (exact) mass is 367 g/mol. The summed E-state index contributed by atoms with van der Waals surface area (Å²) in [5.41, 5.74) is 7.31. The van der Waals surface area contributed by atoms with Crippen LogP contribution in [0.4, 0.5) is 0 Å². The Morgan fingerprint density at radius 2 is 1.19 bits per heavy atom. The van der Waals surface area contributed by atoms with Gasteiger partial charge in [0.25, 0.3) is 0 Å². The van der Waals surface area contributed by atoms with Gasteiger partial charge in [0.1, 0.15) is 0 Å². The van der Waals surface area contributed by atoms with Crippen molar-refractivity contribution < 1.29 is 0 Å². The normalized spacial score (nSPS) is 12.2. The quantitative estimate of drug-likeness (QED) is 0.381. The first-order chi connectivity index (χ1) is 12.2. The van der Waals surface area contributed by atoms with Gasteiger partial charge >= 0.3 is 0 Å². The molecule has 2 aliphatic rings. The Hall–Kier alpha value is -2.11. The number of rotatable bonds is 0. The van der Waals surface area contributed by atoms with E-state index in [9.17, 15) is 0 Å². The van der Waals surface area contributed by atoms with Crippen LogP contribution in [0.25, 0.3) is 46.4 Å². The Labute approximate surface area is 177 Å². The van der Waals surface area contributed by atoms with Crippen molar-refractivity contribution in [1.82, 2.24) is 19.9 Å². The number of hydrogen-bond donors (Lipinski definition) is 2. The molecule has 3 aromatic heterocycles. The molecule has 1 radical (unpaired) electrons. The summed E-state index contributed by atoms with van der Waals surface area (Å²) in [7, 11) is 0. The van der Waals surface area contributed by atoms with Gasteiger partial charge in [-0.05, 0) is 66.8 Å². The average molecular weight is 368 g/mol. The van der Waals surface area contributed by atoms with Gasteiger partial charge in [-0.15, -0.1) is 0 Å². The summed E-state index contributed by atoms with van der Waals surface area (Å²) in [6.07, 6.45) is 7.94. The summed E-state index contributed by atoms with van der Waals surface area (Å²) in [5, 5.41) is 0.671. The van der Waals surface area contributed by atoms with Gasteiger partial charge in [-0.3, -0.25) is 0 Å². The Morgan fingerprint density at radius 3 is 1.88 bits per heavy atom. The third-order valence-electron chi connectivity index (χ3n) is 4.12. The summed E-state index contributed by atoms with van der Waals surface area (Å²) in [4.78, 5) is 15.9. The topological polar surface area (TPSA) is 57.4 Å². The van der Waals surface area contributed by atoms with Gasteiger partial charge < -0.3 is 9.97 Å². The van der Waals surface area contributed by atoms with Crippen LogP contribution in [-0.4, -0.2) is 49.5 Å². The van der Waals surface area contributed by atoms with Crippen molar-refractivity contribution in [2.75, 3.05) is 0 Å². The number of H-pyrrole nitrogens is 2. The van der Waals surface area contributed by atoms with Crippen LogP contribution >= 0.6 is 11.6 Å². The summed E-state index contributed by atoms with van der Waals surface area (Å²) < 4.78 is 0. The van der Waals surface area contributed by atoms with Crippen LogP contribution in [0.3, 0.4) is 0 Å². The summed E-state index contributed by atoms with van der Waals surface area (Å²) in [6, 6.07) is 13.9. The second-order valence-corrected chi connectivity index (χ2v) is 6.43. The fourth-order valence-corrected chi connectivity index (χ4v) is 3.20. The van der Waals surface area contributed by atoms with E-state index in [0.29, 0.717) is 5.02 Å². The van der Waals surface area contributed by atoms with E-state index in [1.54, 1.807) is 0 Å². The Bertz CT molecular complexity index is 1220. The molecule has 0 saturated carbocycles. The molecular formula is C20H13ClN4Na. The van der Waals surface area contributed by atoms with Crippen LogP contribution in [0.15, 0.2) is 42.5 Å². The molecule has 121 valence electrons. The minimum atomic E-state index is 0. The summed E-state index contributed by atoms with van der Waals surface area (Å²) in [6.45, 7) is 0. The van der Waals surface area contributed by atoms with Gasteiger partial charge in [0.15, 0.2) is 0 Å². The van der Waals surface area contributed by atoms with E-state index >= 15 is 0 Å². The Kier molecular flexibility index (Phi) is 4.59. The van der Waals surface area contributed by atoms with Gasteiger partial charge in [-0.25, -0.2) is 9.97 Å². The van der Waals surface area contributed by atoms with Crippen LogP contribution in [0.2, 0.25) is 5.02 Å². The maximum absolute atomic E-state index is 6.36. The number of nitrogens with zero attached hydrogens (tertiary/aromatic N) is 2. The standard InChI is InChI=1S/C20H13ClN4.Na/c21-19-10-18-9-16-4-3-14(23-16)7-12-1-2-13(22-12)8-15-5-6-17(24-15)11-20(19)25-18;/h1-11,23,25H;. The maximum Gasteiger partial charge on any atom is 0.0662 e. The molecule has 4 nitrogen and oxygen atoms in total. The number of aromatic amines is 2. The molecule has 0 amide bonds. The van der Waals surface area contributed by atoms with Crippen LogP contribution < -0.4 is 0 Å². The molecule has 5 heterocycles. The van der Waals surface area contributed by atoms with Crippen LogP contribution in [0.1, 0.15) is 22.8 Å². The van der Waals surface area contributed by atoms with Crippen LogP contribution in [0.5, 0.6) is 0 Å². The molecular weight excluding hydrogens is 355 g/mol. The molecule has 0 fully saturated rings. The molecule has 3 aromatic rings. The first-order valence-electron chi connectivity index (χ1n) is 7.95. The van der Waals surface area contributed by atoms with E-state index in [-0.39, 0.29) is 29.6 Å². The summed E-state index contributed by atoms with van der Waals surface area (Å²) in [5.74, 6) is 0. The molecule has 0 aliphatic carbocycles. The van der Waals surface area contributed by atoms with E-state index in [2.05, 4.69) is 19.9 Å². The predicted molar refractivity (Wildman–Crippen MR) is 110 cm³/mol. The molecule has 0 saturated heterocycles. The van der Waals surface area contributed by atoms with Gasteiger partial charge in [0, 0.05) is 46.1 Å². The fourth-order valence-electron chi connectivity index (χ4n) is 2.98. The van der Waals surface area contributed by atoms with Crippen LogP contribution in [-0.2, 0) is 0 Å². The van der Waals surface area contributed by atoms with Crippen LogP contribution in [0, 0.1) is 0 Å². The zero-order chi connectivity index (χ0) is 16.8. The largest absolute Gasteiger partial charge is 0.355 e. The fraction of sp³-hybridized carbons (Fsp3) is 0. The van der Waals surface area contributed by atoms with E-state index in [1.165, 1.54) is 0 Å².